The maximum Gasteiger partial charge on any atom is 0.328 e. The molecule has 7 nitrogen and oxygen atoms in total. The molecule has 2 N–H and O–H groups in total. The molecule has 1 fully saturated rings. The Balaban J connectivity index is 1.52. The van der Waals surface area contributed by atoms with E-state index in [9.17, 15) is 14.7 Å². The van der Waals surface area contributed by atoms with Crippen LogP contribution in [0.15, 0.2) is 34.1 Å². The number of aromatic nitrogens is 2. The van der Waals surface area contributed by atoms with E-state index in [-0.39, 0.29) is 6.03 Å². The fraction of sp³-hybridized carbons (Fsp3) is 0.429. The number of carbonyl (C=O) groups excluding carboxylic acids is 1. The minimum absolute atomic E-state index is 0.223. The van der Waals surface area contributed by atoms with E-state index in [1.54, 1.807) is 36.3 Å². The zero-order valence-corrected chi connectivity index (χ0v) is 19.8. The Morgan fingerprint density at radius 1 is 1.29 bits per heavy atom. The molecule has 0 atom stereocenters. The number of anilines is 2. The van der Waals surface area contributed by atoms with Crippen molar-refractivity contribution in [3.05, 3.63) is 29.9 Å². The number of thioether (sulfide) groups is 1. The van der Waals surface area contributed by atoms with Gasteiger partial charge in [-0.2, -0.15) is 0 Å². The van der Waals surface area contributed by atoms with Gasteiger partial charge in [0.15, 0.2) is 5.13 Å². The number of aliphatic carboxylic acids is 1. The number of carboxylic acids is 1. The van der Waals surface area contributed by atoms with E-state index >= 15 is 0 Å². The highest BCUT2D eigenvalue weighted by Gasteiger charge is 2.30. The van der Waals surface area contributed by atoms with Crippen molar-refractivity contribution in [2.45, 2.75) is 48.5 Å². The Hall–Kier alpha value is -2.17. The average Bonchev–Trinajstić information content (AvgIpc) is 3.47. The van der Waals surface area contributed by atoms with Crippen LogP contribution >= 0.6 is 34.4 Å². The van der Waals surface area contributed by atoms with Crippen LogP contribution in [0.1, 0.15) is 39.5 Å². The summed E-state index contributed by atoms with van der Waals surface area (Å²) in [5.74, 6) is -0.403. The van der Waals surface area contributed by atoms with Gasteiger partial charge in [-0.3, -0.25) is 15.0 Å². The van der Waals surface area contributed by atoms with Gasteiger partial charge >= 0.3 is 12.0 Å². The normalized spacial score (nSPS) is 14.8. The third kappa shape index (κ3) is 5.19. The van der Waals surface area contributed by atoms with Crippen LogP contribution < -0.4 is 10.2 Å². The third-order valence-corrected chi connectivity index (χ3v) is 8.35. The highest BCUT2D eigenvalue weighted by atomic mass is 32.2. The molecule has 0 bridgehead atoms. The summed E-state index contributed by atoms with van der Waals surface area (Å²) in [6.07, 6.45) is 6.30. The minimum Gasteiger partial charge on any atom is -0.480 e. The Bertz CT molecular complexity index is 1090. The quantitative estimate of drug-likeness (QED) is 0.410. The molecule has 0 radical (unpaired) electrons. The zero-order valence-electron chi connectivity index (χ0n) is 17.3. The number of thiazole rings is 2. The molecule has 164 valence electrons. The highest BCUT2D eigenvalue weighted by molar-refractivity contribution is 8.03. The maximum atomic E-state index is 13.2. The number of hydrogen-bond donors (Lipinski definition) is 2. The van der Waals surface area contributed by atoms with E-state index in [1.165, 1.54) is 35.9 Å². The van der Waals surface area contributed by atoms with Crippen molar-refractivity contribution in [1.29, 1.82) is 0 Å². The fourth-order valence-electron chi connectivity index (χ4n) is 3.59. The van der Waals surface area contributed by atoms with Gasteiger partial charge in [-0.25, -0.2) is 14.8 Å². The number of nitrogens with zero attached hydrogens (tertiary/aromatic N) is 3. The molecule has 2 amide bonds. The predicted octanol–water partition coefficient (Wildman–Crippen LogP) is 5.94. The van der Waals surface area contributed by atoms with E-state index in [4.69, 9.17) is 0 Å². The molecule has 1 aromatic carbocycles. The first-order chi connectivity index (χ1) is 14.8. The predicted molar refractivity (Wildman–Crippen MR) is 128 cm³/mol. The molecule has 4 rings (SSSR count). The molecule has 1 aliphatic rings. The summed E-state index contributed by atoms with van der Waals surface area (Å²) in [5.41, 5.74) is 3.58. The van der Waals surface area contributed by atoms with Crippen LogP contribution in [0.25, 0.3) is 10.2 Å². The first-order valence-electron chi connectivity index (χ1n) is 10.1. The smallest absolute Gasteiger partial charge is 0.328 e. The molecule has 0 unspecified atom stereocenters. The summed E-state index contributed by atoms with van der Waals surface area (Å²) in [6.45, 7) is 3.96. The zero-order chi connectivity index (χ0) is 22.0. The van der Waals surface area contributed by atoms with Gasteiger partial charge in [0.25, 0.3) is 0 Å². The van der Waals surface area contributed by atoms with Gasteiger partial charge in [-0.05, 0) is 50.8 Å². The lowest BCUT2D eigenvalue weighted by atomic mass is 10.1. The summed E-state index contributed by atoms with van der Waals surface area (Å²) in [7, 11) is 0. The second kappa shape index (κ2) is 9.13. The summed E-state index contributed by atoms with van der Waals surface area (Å²) in [4.78, 5) is 35.0. The molecule has 31 heavy (non-hydrogen) atoms. The summed E-state index contributed by atoms with van der Waals surface area (Å²) < 4.78 is 0.827. The molecule has 10 heteroatoms. The lowest BCUT2D eigenvalue weighted by molar-refractivity contribution is -0.138. The van der Waals surface area contributed by atoms with Gasteiger partial charge in [0.2, 0.25) is 0 Å². The third-order valence-electron chi connectivity index (χ3n) is 5.36. The summed E-state index contributed by atoms with van der Waals surface area (Å²) >= 11 is 4.07. The van der Waals surface area contributed by atoms with E-state index in [2.05, 4.69) is 15.3 Å². The van der Waals surface area contributed by atoms with Gasteiger partial charge in [0.1, 0.15) is 4.75 Å². The standard InChI is InChI=1S/C21H24N4O3S3/c1-21(2,18(26)27)31-17-10-22-19(30-17)24-20(28)25(11-13-5-3-4-6-13)14-7-8-15-16(9-14)29-12-23-15/h7-10,12-13H,3-6,11H2,1-2H3,(H,26,27)(H,22,24,28). The number of fused-ring (bicyclic) bond motifs is 1. The summed E-state index contributed by atoms with van der Waals surface area (Å²) in [6, 6.07) is 5.68. The molecule has 0 spiro atoms. The lowest BCUT2D eigenvalue weighted by Gasteiger charge is -2.25. The van der Waals surface area contributed by atoms with Gasteiger partial charge in [0.05, 0.1) is 26.1 Å². The van der Waals surface area contributed by atoms with E-state index in [1.807, 2.05) is 23.7 Å². The molecule has 2 aromatic heterocycles. The van der Waals surface area contributed by atoms with Crippen LogP contribution in [0.3, 0.4) is 0 Å². The van der Waals surface area contributed by atoms with E-state index in [0.717, 1.165) is 33.0 Å². The monoisotopic (exact) mass is 476 g/mol. The van der Waals surface area contributed by atoms with Gasteiger partial charge in [-0.1, -0.05) is 35.9 Å². The minimum atomic E-state index is -0.966. The SMILES string of the molecule is CC(C)(Sc1cnc(NC(=O)N(CC2CCCC2)c2ccc3ncsc3c2)s1)C(=O)O. The number of hydrogen-bond acceptors (Lipinski definition) is 7. The van der Waals surface area contributed by atoms with Crippen LogP contribution in [0.2, 0.25) is 0 Å². The Labute approximate surface area is 192 Å². The van der Waals surface area contributed by atoms with Crippen LogP contribution in [-0.4, -0.2) is 38.4 Å². The Morgan fingerprint density at radius 2 is 2.06 bits per heavy atom. The van der Waals surface area contributed by atoms with E-state index < -0.39 is 10.7 Å². The van der Waals surface area contributed by atoms with Crippen LogP contribution in [0.5, 0.6) is 0 Å². The number of amides is 2. The molecule has 3 aromatic rings. The first kappa shape index (κ1) is 22.0. The van der Waals surface area contributed by atoms with Crippen LogP contribution in [0.4, 0.5) is 15.6 Å². The topological polar surface area (TPSA) is 95.4 Å². The number of urea groups is 1. The fourth-order valence-corrected chi connectivity index (χ4v) is 6.56. The molecule has 2 heterocycles. The summed E-state index contributed by atoms with van der Waals surface area (Å²) in [5, 5.41) is 12.7. The molecule has 0 aliphatic heterocycles. The molecular weight excluding hydrogens is 452 g/mol. The van der Waals surface area contributed by atoms with Gasteiger partial charge < -0.3 is 5.11 Å². The van der Waals surface area contributed by atoms with Crippen molar-refractivity contribution in [3.8, 4) is 0 Å². The molecule has 1 aliphatic carbocycles. The van der Waals surface area contributed by atoms with Crippen molar-refractivity contribution in [3.63, 3.8) is 0 Å². The molecule has 0 saturated heterocycles. The van der Waals surface area contributed by atoms with Crippen molar-refractivity contribution in [2.24, 2.45) is 5.92 Å². The number of carbonyl (C=O) groups is 2. The van der Waals surface area contributed by atoms with Crippen molar-refractivity contribution < 1.29 is 14.7 Å². The van der Waals surface area contributed by atoms with Crippen LogP contribution in [-0.2, 0) is 4.79 Å². The van der Waals surface area contributed by atoms with Crippen LogP contribution in [0, 0.1) is 5.92 Å². The van der Waals surface area contributed by atoms with E-state index in [0.29, 0.717) is 17.6 Å². The second-order valence-corrected chi connectivity index (χ2v) is 11.9. The van der Waals surface area contributed by atoms with Crippen molar-refractivity contribution >= 4 is 67.5 Å². The average molecular weight is 477 g/mol. The largest absolute Gasteiger partial charge is 0.480 e. The molecular formula is C21H24N4O3S3. The number of carboxylic acid groups (broad SMARTS) is 1. The Morgan fingerprint density at radius 3 is 2.81 bits per heavy atom. The second-order valence-electron chi connectivity index (χ2n) is 8.10. The molecule has 1 saturated carbocycles. The van der Waals surface area contributed by atoms with Crippen molar-refractivity contribution in [1.82, 2.24) is 9.97 Å². The number of nitrogens with one attached hydrogen (secondary N) is 1. The maximum absolute atomic E-state index is 13.2. The van der Waals surface area contributed by atoms with Crippen molar-refractivity contribution in [2.75, 3.05) is 16.8 Å². The number of benzene rings is 1. The highest BCUT2D eigenvalue weighted by Crippen LogP contribution is 2.38. The van der Waals surface area contributed by atoms with Gasteiger partial charge in [-0.15, -0.1) is 11.3 Å². The lowest BCUT2D eigenvalue weighted by Crippen LogP contribution is -2.38. The Kier molecular flexibility index (Phi) is 6.49. The van der Waals surface area contributed by atoms with Gasteiger partial charge in [0, 0.05) is 12.2 Å². The number of rotatable bonds is 7. The first-order valence-corrected chi connectivity index (χ1v) is 12.6.